The van der Waals surface area contributed by atoms with Gasteiger partial charge in [0.25, 0.3) is 0 Å². The van der Waals surface area contributed by atoms with Crippen LogP contribution < -0.4 is 5.32 Å². The summed E-state index contributed by atoms with van der Waals surface area (Å²) in [5.74, 6) is 0.374. The number of H-pyrrole nitrogens is 1. The van der Waals surface area contributed by atoms with Crippen LogP contribution in [0.5, 0.6) is 0 Å². The van der Waals surface area contributed by atoms with E-state index >= 15 is 0 Å². The van der Waals surface area contributed by atoms with E-state index in [4.69, 9.17) is 4.74 Å². The van der Waals surface area contributed by atoms with Gasteiger partial charge in [-0.25, -0.2) is 18.7 Å². The topological polar surface area (TPSA) is 129 Å². The van der Waals surface area contributed by atoms with E-state index < -0.39 is 11.6 Å². The first-order valence-corrected chi connectivity index (χ1v) is 17.5. The maximum absolute atomic E-state index is 14.6. The Kier molecular flexibility index (Phi) is 10.7. The van der Waals surface area contributed by atoms with Crippen LogP contribution in [0.1, 0.15) is 42.9 Å². The molecule has 1 saturated carbocycles. The van der Waals surface area contributed by atoms with E-state index in [0.717, 1.165) is 83.2 Å². The number of fused-ring (bicyclic) bond motifs is 1. The number of pyridine rings is 1. The maximum atomic E-state index is 14.6. The van der Waals surface area contributed by atoms with Crippen LogP contribution in [0.15, 0.2) is 73.2 Å². The zero-order valence-corrected chi connectivity index (χ0v) is 28.9. The fraction of sp³-hybridized carbons (Fsp3) is 0.333. The van der Waals surface area contributed by atoms with Gasteiger partial charge in [0, 0.05) is 61.2 Å². The van der Waals surface area contributed by atoms with E-state index in [2.05, 4.69) is 41.4 Å². The number of aromatic nitrogens is 5. The minimum absolute atomic E-state index is 0.128. The summed E-state index contributed by atoms with van der Waals surface area (Å²) in [5.41, 5.74) is 6.82. The molecule has 1 aliphatic carbocycles. The average Bonchev–Trinajstić information content (AvgIpc) is 3.80. The molecule has 5 heterocycles. The highest BCUT2D eigenvalue weighted by Crippen LogP contribution is 2.40. The van der Waals surface area contributed by atoms with Crippen molar-refractivity contribution in [2.45, 2.75) is 31.6 Å². The van der Waals surface area contributed by atoms with Crippen LogP contribution in [0.25, 0.3) is 39.1 Å². The predicted molar refractivity (Wildman–Crippen MR) is 194 cm³/mol. The molecule has 3 aromatic heterocycles. The summed E-state index contributed by atoms with van der Waals surface area (Å²) in [6, 6.07) is 14.7. The molecule has 5 aromatic rings. The average molecular weight is 707 g/mol. The Morgan fingerprint density at radius 3 is 2.60 bits per heavy atom. The van der Waals surface area contributed by atoms with Crippen molar-refractivity contribution >= 4 is 34.5 Å². The third-order valence-corrected chi connectivity index (χ3v) is 9.73. The molecule has 13 heteroatoms. The summed E-state index contributed by atoms with van der Waals surface area (Å²) in [4.78, 5) is 39.4. The number of hydrogen-bond acceptors (Lipinski definition) is 8. The molecule has 1 saturated heterocycles. The van der Waals surface area contributed by atoms with Gasteiger partial charge in [0.15, 0.2) is 11.6 Å². The Bertz CT molecular complexity index is 2080. The van der Waals surface area contributed by atoms with E-state index in [-0.39, 0.29) is 17.3 Å². The number of aromatic amines is 1. The molecule has 268 valence electrons. The van der Waals surface area contributed by atoms with Crippen LogP contribution in [0.2, 0.25) is 0 Å². The molecule has 52 heavy (non-hydrogen) atoms. The Balaban J connectivity index is 0.000000174. The lowest BCUT2D eigenvalue weighted by atomic mass is 9.98. The summed E-state index contributed by atoms with van der Waals surface area (Å²) in [7, 11) is 1.71. The molecular weight excluding hydrogens is 666 g/mol. The highest BCUT2D eigenvalue weighted by atomic mass is 19.1. The van der Waals surface area contributed by atoms with Gasteiger partial charge in [-0.05, 0) is 91.7 Å². The highest BCUT2D eigenvalue weighted by molar-refractivity contribution is 5.96. The number of halogens is 2. The molecule has 3 aliphatic rings. The van der Waals surface area contributed by atoms with Crippen LogP contribution in [0, 0.1) is 17.6 Å². The quantitative estimate of drug-likeness (QED) is 0.167. The Morgan fingerprint density at radius 1 is 1.02 bits per heavy atom. The van der Waals surface area contributed by atoms with Crippen molar-refractivity contribution in [2.75, 3.05) is 51.8 Å². The van der Waals surface area contributed by atoms with Crippen molar-refractivity contribution < 1.29 is 23.1 Å². The van der Waals surface area contributed by atoms with Gasteiger partial charge in [-0.2, -0.15) is 5.10 Å². The summed E-state index contributed by atoms with van der Waals surface area (Å²) < 4.78 is 32.8. The number of likely N-dealkylation sites (tertiary alicyclic amines) is 1. The molecule has 2 amide bonds. The van der Waals surface area contributed by atoms with E-state index in [1.165, 1.54) is 18.9 Å². The second-order valence-electron chi connectivity index (χ2n) is 13.4. The number of carbonyl (C=O) groups excluding carboxylic acids is 2. The van der Waals surface area contributed by atoms with Gasteiger partial charge in [-0.15, -0.1) is 0 Å². The minimum atomic E-state index is -0.563. The van der Waals surface area contributed by atoms with Gasteiger partial charge in [0.1, 0.15) is 11.5 Å². The van der Waals surface area contributed by atoms with E-state index in [0.29, 0.717) is 44.3 Å². The standard InChI is InChI=1S/C23H26F2N4O2.C16H14N4O/c1-31-15-16-4-7-28(13-16)14-22(30)29-8-5-17(6-9-29)18-2-3-20(21(25)10-18)23-26-11-19(24)12-27-23;21-9-18-12-3-4-14-13(8-12)16(20-19-14)11-5-6-17-15(7-11)10-1-2-10/h2-3,5,10-12,16H,4,6-9,13-15H2,1H3;3-10H,1-2H2,(H,18,21)(H,19,20)/t16-;/m0./s1. The fourth-order valence-electron chi connectivity index (χ4n) is 6.81. The Labute approximate surface area is 300 Å². The molecule has 0 bridgehead atoms. The summed E-state index contributed by atoms with van der Waals surface area (Å²) in [6.07, 6.45) is 10.7. The number of carbonyl (C=O) groups is 2. The Morgan fingerprint density at radius 2 is 1.87 bits per heavy atom. The van der Waals surface area contributed by atoms with Gasteiger partial charge in [-0.1, -0.05) is 12.1 Å². The van der Waals surface area contributed by atoms with Gasteiger partial charge < -0.3 is 15.0 Å². The monoisotopic (exact) mass is 706 g/mol. The summed E-state index contributed by atoms with van der Waals surface area (Å²) >= 11 is 0. The molecule has 2 aromatic carbocycles. The van der Waals surface area contributed by atoms with Gasteiger partial charge >= 0.3 is 0 Å². The number of ether oxygens (including phenoxy) is 1. The van der Waals surface area contributed by atoms with Gasteiger partial charge in [-0.3, -0.25) is 24.6 Å². The molecule has 2 aliphatic heterocycles. The molecule has 0 spiro atoms. The number of rotatable bonds is 10. The zero-order valence-electron chi connectivity index (χ0n) is 28.9. The van der Waals surface area contributed by atoms with E-state index in [9.17, 15) is 18.4 Å². The van der Waals surface area contributed by atoms with Gasteiger partial charge in [0.2, 0.25) is 12.3 Å². The van der Waals surface area contributed by atoms with Crippen molar-refractivity contribution in [3.05, 3.63) is 96.1 Å². The molecular formula is C39H40F2N8O3. The summed E-state index contributed by atoms with van der Waals surface area (Å²) in [6.45, 7) is 4.14. The van der Waals surface area contributed by atoms with Crippen LogP contribution >= 0.6 is 0 Å². The van der Waals surface area contributed by atoms with E-state index in [1.54, 1.807) is 13.2 Å². The number of amides is 2. The van der Waals surface area contributed by atoms with Crippen LogP contribution in [-0.2, 0) is 14.3 Å². The second-order valence-corrected chi connectivity index (χ2v) is 13.4. The van der Waals surface area contributed by atoms with Crippen molar-refractivity contribution in [3.63, 3.8) is 0 Å². The summed E-state index contributed by atoms with van der Waals surface area (Å²) in [5, 5.41) is 11.1. The molecule has 2 fully saturated rings. The van der Waals surface area contributed by atoms with Crippen LogP contribution in [0.4, 0.5) is 14.5 Å². The van der Waals surface area contributed by atoms with Crippen LogP contribution in [0.3, 0.4) is 0 Å². The highest BCUT2D eigenvalue weighted by Gasteiger charge is 2.27. The minimum Gasteiger partial charge on any atom is -0.384 e. The van der Waals surface area contributed by atoms with Crippen molar-refractivity contribution in [3.8, 4) is 22.6 Å². The number of benzene rings is 2. The predicted octanol–water partition coefficient (Wildman–Crippen LogP) is 6.08. The number of nitrogens with zero attached hydrogens (tertiary/aromatic N) is 6. The number of methoxy groups -OCH3 is 1. The Hall–Kier alpha value is -5.40. The second kappa shape index (κ2) is 15.9. The number of nitrogens with one attached hydrogen (secondary N) is 2. The third-order valence-electron chi connectivity index (χ3n) is 9.73. The first-order chi connectivity index (χ1) is 25.4. The molecule has 2 N–H and O–H groups in total. The normalized spacial score (nSPS) is 17.4. The number of hydrogen-bond donors (Lipinski definition) is 2. The van der Waals surface area contributed by atoms with Crippen molar-refractivity contribution in [1.82, 2.24) is 34.9 Å². The van der Waals surface area contributed by atoms with Crippen molar-refractivity contribution in [1.29, 1.82) is 0 Å². The fourth-order valence-corrected chi connectivity index (χ4v) is 6.81. The smallest absolute Gasteiger partial charge is 0.237 e. The zero-order chi connectivity index (χ0) is 36.0. The maximum Gasteiger partial charge on any atom is 0.237 e. The molecule has 8 rings (SSSR count). The van der Waals surface area contributed by atoms with E-state index in [1.807, 2.05) is 47.5 Å². The van der Waals surface area contributed by atoms with Crippen molar-refractivity contribution in [2.24, 2.45) is 5.92 Å². The third kappa shape index (κ3) is 8.21. The van der Waals surface area contributed by atoms with Crippen LogP contribution in [-0.4, -0.2) is 93.7 Å². The molecule has 0 radical (unpaired) electrons. The molecule has 1 atom stereocenters. The molecule has 0 unspecified atom stereocenters. The lowest BCUT2D eigenvalue weighted by Crippen LogP contribution is -2.41. The number of anilines is 1. The first-order valence-electron chi connectivity index (χ1n) is 17.5. The molecule has 11 nitrogen and oxygen atoms in total. The first kappa shape index (κ1) is 35.0. The SMILES string of the molecule is COC[C@H]1CCN(CC(=O)N2CC=C(c3ccc(-c4ncc(F)cn4)c(F)c3)CC2)C1.O=CNc1ccc2[nH]nc(-c3ccnc(C4CC4)c3)c2c1. The van der Waals surface area contributed by atoms with Gasteiger partial charge in [0.05, 0.1) is 36.6 Å². The largest absolute Gasteiger partial charge is 0.384 e. The lowest BCUT2D eigenvalue weighted by molar-refractivity contribution is -0.131. The lowest BCUT2D eigenvalue weighted by Gasteiger charge is -2.28.